The number of ether oxygens (including phenoxy) is 2. The molecule has 1 aliphatic rings. The summed E-state index contributed by atoms with van der Waals surface area (Å²) in [6.07, 6.45) is 1.70. The smallest absolute Gasteiger partial charge is 0.310 e. The molecule has 9 heteroatoms. The van der Waals surface area contributed by atoms with E-state index < -0.39 is 0 Å². The lowest BCUT2D eigenvalue weighted by Gasteiger charge is -2.37. The monoisotopic (exact) mass is 444 g/mol. The van der Waals surface area contributed by atoms with Crippen molar-refractivity contribution in [1.29, 1.82) is 0 Å². The van der Waals surface area contributed by atoms with Gasteiger partial charge < -0.3 is 14.6 Å². The highest BCUT2D eigenvalue weighted by Crippen LogP contribution is 2.41. The van der Waals surface area contributed by atoms with Crippen molar-refractivity contribution in [2.45, 2.75) is 39.7 Å². The van der Waals surface area contributed by atoms with Crippen LogP contribution in [0.25, 0.3) is 4.96 Å². The molecule has 1 aliphatic heterocycles. The predicted octanol–water partition coefficient (Wildman–Crippen LogP) is 3.57. The van der Waals surface area contributed by atoms with Gasteiger partial charge in [0.25, 0.3) is 0 Å². The van der Waals surface area contributed by atoms with Gasteiger partial charge in [-0.05, 0) is 57.9 Å². The van der Waals surface area contributed by atoms with Gasteiger partial charge in [0.15, 0.2) is 0 Å². The first-order valence-corrected chi connectivity index (χ1v) is 11.5. The lowest BCUT2D eigenvalue weighted by molar-refractivity contribution is -0.150. The van der Waals surface area contributed by atoms with Crippen molar-refractivity contribution in [3.63, 3.8) is 0 Å². The number of piperidine rings is 1. The molecule has 0 spiro atoms. The third-order valence-electron chi connectivity index (χ3n) is 5.50. The number of aromatic nitrogens is 3. The van der Waals surface area contributed by atoms with Crippen LogP contribution in [0, 0.1) is 12.8 Å². The fraction of sp³-hybridized carbons (Fsp3) is 0.500. The maximum Gasteiger partial charge on any atom is 0.310 e. The Balaban J connectivity index is 1.72. The molecule has 0 radical (unpaired) electrons. The molecule has 2 atom stereocenters. The molecule has 0 aliphatic carbocycles. The zero-order chi connectivity index (χ0) is 22.0. The molecule has 31 heavy (non-hydrogen) atoms. The van der Waals surface area contributed by atoms with Crippen LogP contribution in [0.2, 0.25) is 0 Å². The van der Waals surface area contributed by atoms with Crippen molar-refractivity contribution in [3.05, 3.63) is 40.5 Å². The minimum absolute atomic E-state index is 0.0951. The van der Waals surface area contributed by atoms with Gasteiger partial charge in [0, 0.05) is 6.54 Å². The third-order valence-corrected chi connectivity index (χ3v) is 6.57. The van der Waals surface area contributed by atoms with Gasteiger partial charge in [-0.3, -0.25) is 9.69 Å². The molecule has 0 unspecified atom stereocenters. The summed E-state index contributed by atoms with van der Waals surface area (Å²) in [4.78, 5) is 20.5. The number of likely N-dealkylation sites (tertiary alicyclic amines) is 1. The van der Waals surface area contributed by atoms with E-state index in [9.17, 15) is 9.90 Å². The Morgan fingerprint density at radius 1 is 1.29 bits per heavy atom. The van der Waals surface area contributed by atoms with Crippen molar-refractivity contribution < 1.29 is 19.4 Å². The van der Waals surface area contributed by atoms with Gasteiger partial charge in [0.1, 0.15) is 11.6 Å². The van der Waals surface area contributed by atoms with Crippen LogP contribution in [0.3, 0.4) is 0 Å². The highest BCUT2D eigenvalue weighted by molar-refractivity contribution is 7.17. The van der Waals surface area contributed by atoms with Crippen molar-refractivity contribution in [2.75, 3.05) is 26.3 Å². The number of thiazole rings is 1. The van der Waals surface area contributed by atoms with Gasteiger partial charge in [0.05, 0.1) is 30.1 Å². The highest BCUT2D eigenvalue weighted by Gasteiger charge is 2.35. The summed E-state index contributed by atoms with van der Waals surface area (Å²) in [6, 6.07) is 7.70. The van der Waals surface area contributed by atoms with Crippen molar-refractivity contribution in [1.82, 2.24) is 19.5 Å². The molecule has 3 heterocycles. The number of carbonyl (C=O) groups excluding carboxylic acids is 1. The van der Waals surface area contributed by atoms with Crippen LogP contribution in [-0.4, -0.2) is 56.9 Å². The van der Waals surface area contributed by atoms with E-state index in [-0.39, 0.29) is 23.8 Å². The first kappa shape index (κ1) is 21.6. The Hall–Kier alpha value is -2.65. The SMILES string of the molecule is CCOC(=O)[C@H]1CCCN([C@@H](c2ccc(OCC)cc2)c2sc3nc(C)nn3c2O)C1. The second kappa shape index (κ2) is 9.23. The average Bonchev–Trinajstić information content (AvgIpc) is 3.27. The Kier molecular flexibility index (Phi) is 6.43. The summed E-state index contributed by atoms with van der Waals surface area (Å²) >= 11 is 1.43. The highest BCUT2D eigenvalue weighted by atomic mass is 32.1. The minimum atomic E-state index is -0.221. The number of nitrogens with zero attached hydrogens (tertiary/aromatic N) is 4. The lowest BCUT2D eigenvalue weighted by Crippen LogP contribution is -2.41. The number of rotatable bonds is 7. The number of carbonyl (C=O) groups is 1. The van der Waals surface area contributed by atoms with Gasteiger partial charge in [-0.1, -0.05) is 23.5 Å². The van der Waals surface area contributed by atoms with Crippen LogP contribution in [0.5, 0.6) is 11.6 Å². The van der Waals surface area contributed by atoms with E-state index in [2.05, 4.69) is 15.0 Å². The van der Waals surface area contributed by atoms with E-state index in [1.165, 1.54) is 15.9 Å². The predicted molar refractivity (Wildman–Crippen MR) is 118 cm³/mol. The zero-order valence-electron chi connectivity index (χ0n) is 18.1. The van der Waals surface area contributed by atoms with E-state index in [1.807, 2.05) is 38.1 Å². The Morgan fingerprint density at radius 2 is 2.06 bits per heavy atom. The summed E-state index contributed by atoms with van der Waals surface area (Å²) in [5.41, 5.74) is 1.02. The number of benzene rings is 1. The molecule has 0 saturated carbocycles. The molecule has 1 aromatic carbocycles. The van der Waals surface area contributed by atoms with Crippen molar-refractivity contribution >= 4 is 22.3 Å². The first-order chi connectivity index (χ1) is 15.0. The molecule has 3 aromatic rings. The number of aromatic hydroxyl groups is 1. The van der Waals surface area contributed by atoms with Crippen LogP contribution >= 0.6 is 11.3 Å². The maximum absolute atomic E-state index is 12.4. The molecule has 8 nitrogen and oxygen atoms in total. The summed E-state index contributed by atoms with van der Waals surface area (Å²) in [5.74, 6) is 1.19. The number of esters is 1. The fourth-order valence-electron chi connectivity index (χ4n) is 4.16. The average molecular weight is 445 g/mol. The quantitative estimate of drug-likeness (QED) is 0.557. The summed E-state index contributed by atoms with van der Waals surface area (Å²) in [6.45, 7) is 7.96. The van der Waals surface area contributed by atoms with Gasteiger partial charge in [0.2, 0.25) is 10.8 Å². The number of hydrogen-bond donors (Lipinski definition) is 1. The van der Waals surface area contributed by atoms with Crippen molar-refractivity contribution in [3.8, 4) is 11.6 Å². The van der Waals surface area contributed by atoms with E-state index in [0.717, 1.165) is 35.6 Å². The fourth-order valence-corrected chi connectivity index (χ4v) is 5.32. The number of hydrogen-bond acceptors (Lipinski definition) is 8. The molecule has 0 bridgehead atoms. The number of fused-ring (bicyclic) bond motifs is 1. The zero-order valence-corrected chi connectivity index (χ0v) is 18.9. The Labute approximate surface area is 185 Å². The molecular weight excluding hydrogens is 416 g/mol. The second-order valence-corrected chi connectivity index (χ2v) is 8.64. The minimum Gasteiger partial charge on any atom is -0.494 e. The van der Waals surface area contributed by atoms with Crippen LogP contribution in [0.1, 0.15) is 49.0 Å². The lowest BCUT2D eigenvalue weighted by atomic mass is 9.94. The van der Waals surface area contributed by atoms with Crippen LogP contribution in [0.4, 0.5) is 0 Å². The molecule has 166 valence electrons. The topological polar surface area (TPSA) is 89.2 Å². The summed E-state index contributed by atoms with van der Waals surface area (Å²) in [7, 11) is 0. The van der Waals surface area contributed by atoms with Crippen molar-refractivity contribution in [2.24, 2.45) is 5.92 Å². The molecule has 1 N–H and O–H groups in total. The van der Waals surface area contributed by atoms with Crippen LogP contribution in [-0.2, 0) is 9.53 Å². The van der Waals surface area contributed by atoms with Gasteiger partial charge >= 0.3 is 5.97 Å². The molecular formula is C22H28N4O4S. The van der Waals surface area contributed by atoms with E-state index in [0.29, 0.717) is 30.5 Å². The van der Waals surface area contributed by atoms with Gasteiger partial charge in [-0.2, -0.15) is 4.52 Å². The van der Waals surface area contributed by atoms with Crippen LogP contribution in [0.15, 0.2) is 24.3 Å². The second-order valence-electron chi connectivity index (χ2n) is 7.63. The Bertz CT molecular complexity index is 1050. The standard InChI is InChI=1S/C22H28N4O4S/c1-4-29-17-10-8-15(9-11-17)18(19-20(27)26-22(31-19)23-14(3)24-26)25-12-6-7-16(13-25)21(28)30-5-2/h8-11,16,18,27H,4-7,12-13H2,1-3H3/t16-,18-/m0/s1. The molecule has 1 saturated heterocycles. The number of aryl methyl sites for hydroxylation is 1. The molecule has 0 amide bonds. The van der Waals surface area contributed by atoms with Gasteiger partial charge in [-0.25, -0.2) is 4.98 Å². The Morgan fingerprint density at radius 3 is 2.74 bits per heavy atom. The molecule has 2 aromatic heterocycles. The van der Waals surface area contributed by atoms with E-state index >= 15 is 0 Å². The van der Waals surface area contributed by atoms with Crippen LogP contribution < -0.4 is 4.74 Å². The van der Waals surface area contributed by atoms with E-state index in [4.69, 9.17) is 9.47 Å². The summed E-state index contributed by atoms with van der Waals surface area (Å²) in [5, 5.41) is 15.3. The largest absolute Gasteiger partial charge is 0.494 e. The maximum atomic E-state index is 12.4. The normalized spacial score (nSPS) is 18.2. The van der Waals surface area contributed by atoms with E-state index in [1.54, 1.807) is 6.92 Å². The molecule has 4 rings (SSSR count). The first-order valence-electron chi connectivity index (χ1n) is 10.7. The summed E-state index contributed by atoms with van der Waals surface area (Å²) < 4.78 is 12.4. The third kappa shape index (κ3) is 4.38. The van der Waals surface area contributed by atoms with Gasteiger partial charge in [-0.15, -0.1) is 5.10 Å². The molecule has 1 fully saturated rings.